The van der Waals surface area contributed by atoms with E-state index in [1.54, 1.807) is 26.0 Å². The van der Waals surface area contributed by atoms with Crippen LogP contribution in [0.4, 0.5) is 0 Å². The van der Waals surface area contributed by atoms with E-state index >= 15 is 0 Å². The second-order valence-electron chi connectivity index (χ2n) is 4.32. The van der Waals surface area contributed by atoms with Gasteiger partial charge in [0.15, 0.2) is 5.69 Å². The van der Waals surface area contributed by atoms with E-state index in [9.17, 15) is 9.90 Å². The fraction of sp³-hybridized carbons (Fsp3) is 0.308. The first-order valence-electron chi connectivity index (χ1n) is 5.92. The zero-order valence-electron chi connectivity index (χ0n) is 10.7. The Bertz CT molecular complexity index is 553. The van der Waals surface area contributed by atoms with Gasteiger partial charge in [-0.3, -0.25) is 4.79 Å². The number of aryl methyl sites for hydroxylation is 1. The molecule has 0 saturated heterocycles. The van der Waals surface area contributed by atoms with E-state index in [-0.39, 0.29) is 5.69 Å². The summed E-state index contributed by atoms with van der Waals surface area (Å²) >= 11 is 0. The van der Waals surface area contributed by atoms with Crippen LogP contribution in [0, 0.1) is 6.92 Å². The fourth-order valence-electron chi connectivity index (χ4n) is 1.73. The van der Waals surface area contributed by atoms with Crippen LogP contribution in [0.1, 0.15) is 34.8 Å². The molecule has 0 aliphatic carbocycles. The molecule has 1 aromatic carbocycles. The third-order valence-electron chi connectivity index (χ3n) is 2.84. The van der Waals surface area contributed by atoms with Gasteiger partial charge < -0.3 is 10.4 Å². The zero-order valence-corrected chi connectivity index (χ0v) is 10.7. The van der Waals surface area contributed by atoms with Crippen molar-refractivity contribution in [2.24, 2.45) is 0 Å². The van der Waals surface area contributed by atoms with E-state index in [1.807, 2.05) is 18.2 Å². The number of benzene rings is 1. The number of amides is 1. The third-order valence-corrected chi connectivity index (χ3v) is 2.84. The van der Waals surface area contributed by atoms with Gasteiger partial charge in [0.2, 0.25) is 0 Å². The first kappa shape index (κ1) is 13.2. The summed E-state index contributed by atoms with van der Waals surface area (Å²) in [7, 11) is 0. The van der Waals surface area contributed by atoms with Crippen LogP contribution < -0.4 is 5.32 Å². The highest BCUT2D eigenvalue weighted by Crippen LogP contribution is 2.16. The summed E-state index contributed by atoms with van der Waals surface area (Å²) in [5.41, 5.74) is 1.29. The molecule has 1 heterocycles. The van der Waals surface area contributed by atoms with Gasteiger partial charge in [-0.05, 0) is 24.6 Å². The maximum Gasteiger partial charge on any atom is 0.275 e. The lowest BCUT2D eigenvalue weighted by Gasteiger charge is -2.20. The van der Waals surface area contributed by atoms with Gasteiger partial charge in [-0.15, -0.1) is 0 Å². The van der Waals surface area contributed by atoms with Gasteiger partial charge in [0.1, 0.15) is 5.69 Å². The number of nitrogens with one attached hydrogen (secondary N) is 1. The molecule has 0 fully saturated rings. The zero-order chi connectivity index (χ0) is 13.8. The van der Waals surface area contributed by atoms with Gasteiger partial charge >= 0.3 is 0 Å². The lowest BCUT2D eigenvalue weighted by Crippen LogP contribution is -2.37. The number of hydrogen-bond donors (Lipinski definition) is 2. The Morgan fingerprint density at radius 1 is 1.32 bits per heavy atom. The first-order valence-corrected chi connectivity index (χ1v) is 5.92. The fourth-order valence-corrected chi connectivity index (χ4v) is 1.73. The molecular formula is C13H15N3O3. The van der Waals surface area contributed by atoms with Crippen LogP contribution in [0.5, 0.6) is 0 Å². The average molecular weight is 261 g/mol. The standard InChI is InChI=1S/C13H15N3O3/c1-8-11(16-19-15-8)13(18)14-9(2)12(17)10-6-4-3-5-7-10/h3-7,9,12,17H,1-2H3,(H,14,18)/t9-,12-/m0/s1. The minimum absolute atomic E-state index is 0.132. The Morgan fingerprint density at radius 3 is 2.58 bits per heavy atom. The molecule has 6 nitrogen and oxygen atoms in total. The molecule has 2 N–H and O–H groups in total. The Kier molecular flexibility index (Phi) is 3.91. The molecule has 2 atom stereocenters. The molecule has 19 heavy (non-hydrogen) atoms. The van der Waals surface area contributed by atoms with E-state index in [0.717, 1.165) is 5.56 Å². The molecule has 0 radical (unpaired) electrons. The van der Waals surface area contributed by atoms with E-state index < -0.39 is 18.1 Å². The van der Waals surface area contributed by atoms with Crippen molar-refractivity contribution in [2.45, 2.75) is 26.0 Å². The molecule has 6 heteroatoms. The van der Waals surface area contributed by atoms with E-state index in [0.29, 0.717) is 5.69 Å². The summed E-state index contributed by atoms with van der Waals surface area (Å²) in [5, 5.41) is 19.9. The van der Waals surface area contributed by atoms with Crippen molar-refractivity contribution in [3.05, 3.63) is 47.3 Å². The number of nitrogens with zero attached hydrogens (tertiary/aromatic N) is 2. The summed E-state index contributed by atoms with van der Waals surface area (Å²) in [4.78, 5) is 11.9. The van der Waals surface area contributed by atoms with Crippen molar-refractivity contribution >= 4 is 5.91 Å². The Hall–Kier alpha value is -2.21. The number of carbonyl (C=O) groups excluding carboxylic acids is 1. The van der Waals surface area contributed by atoms with Crippen molar-refractivity contribution in [1.82, 2.24) is 15.6 Å². The maximum atomic E-state index is 11.9. The van der Waals surface area contributed by atoms with Crippen molar-refractivity contribution < 1.29 is 14.5 Å². The molecule has 1 amide bonds. The van der Waals surface area contributed by atoms with Gasteiger partial charge in [0.25, 0.3) is 5.91 Å². The minimum Gasteiger partial charge on any atom is -0.386 e. The molecule has 0 bridgehead atoms. The summed E-state index contributed by atoms with van der Waals surface area (Å²) in [6.07, 6.45) is -0.787. The SMILES string of the molecule is Cc1nonc1C(=O)N[C@@H](C)[C@H](O)c1ccccc1. The molecule has 0 aliphatic heterocycles. The molecule has 100 valence electrons. The number of aliphatic hydroxyl groups excluding tert-OH is 1. The number of rotatable bonds is 4. The molecule has 2 aromatic rings. The van der Waals surface area contributed by atoms with Gasteiger partial charge in [0.05, 0.1) is 12.1 Å². The van der Waals surface area contributed by atoms with Gasteiger partial charge in [-0.25, -0.2) is 4.63 Å². The number of aromatic nitrogens is 2. The Morgan fingerprint density at radius 2 is 2.00 bits per heavy atom. The van der Waals surface area contributed by atoms with E-state index in [4.69, 9.17) is 0 Å². The quantitative estimate of drug-likeness (QED) is 0.864. The normalized spacial score (nSPS) is 13.8. The second kappa shape index (κ2) is 5.62. The molecule has 2 rings (SSSR count). The monoisotopic (exact) mass is 261 g/mol. The van der Waals surface area contributed by atoms with Crippen LogP contribution in [0.15, 0.2) is 35.0 Å². The van der Waals surface area contributed by atoms with Crippen molar-refractivity contribution in [3.8, 4) is 0 Å². The lowest BCUT2D eigenvalue weighted by molar-refractivity contribution is 0.0842. The van der Waals surface area contributed by atoms with E-state index in [2.05, 4.69) is 20.3 Å². The summed E-state index contributed by atoms with van der Waals surface area (Å²) in [6.45, 7) is 3.35. The molecule has 0 spiro atoms. The molecular weight excluding hydrogens is 246 g/mol. The van der Waals surface area contributed by atoms with Gasteiger partial charge in [-0.2, -0.15) is 0 Å². The summed E-state index contributed by atoms with van der Waals surface area (Å²) in [5.74, 6) is -0.416. The predicted molar refractivity (Wildman–Crippen MR) is 67.4 cm³/mol. The highest BCUT2D eigenvalue weighted by Gasteiger charge is 2.22. The van der Waals surface area contributed by atoms with Crippen LogP contribution >= 0.6 is 0 Å². The smallest absolute Gasteiger partial charge is 0.275 e. The summed E-state index contributed by atoms with van der Waals surface area (Å²) < 4.78 is 4.47. The number of aliphatic hydroxyl groups is 1. The van der Waals surface area contributed by atoms with Gasteiger partial charge in [-0.1, -0.05) is 35.5 Å². The van der Waals surface area contributed by atoms with Crippen molar-refractivity contribution in [1.29, 1.82) is 0 Å². The highest BCUT2D eigenvalue weighted by atomic mass is 16.6. The largest absolute Gasteiger partial charge is 0.386 e. The number of hydrogen-bond acceptors (Lipinski definition) is 5. The maximum absolute atomic E-state index is 11.9. The van der Waals surface area contributed by atoms with Crippen LogP contribution in [-0.4, -0.2) is 27.4 Å². The first-order chi connectivity index (χ1) is 9.09. The minimum atomic E-state index is -0.787. The van der Waals surface area contributed by atoms with Crippen LogP contribution in [0.3, 0.4) is 0 Å². The van der Waals surface area contributed by atoms with E-state index in [1.165, 1.54) is 0 Å². The second-order valence-corrected chi connectivity index (χ2v) is 4.32. The van der Waals surface area contributed by atoms with Crippen molar-refractivity contribution in [2.75, 3.05) is 0 Å². The molecule has 1 aromatic heterocycles. The van der Waals surface area contributed by atoms with Crippen molar-refractivity contribution in [3.63, 3.8) is 0 Å². The lowest BCUT2D eigenvalue weighted by atomic mass is 10.0. The molecule has 0 saturated carbocycles. The van der Waals surface area contributed by atoms with Crippen LogP contribution in [0.2, 0.25) is 0 Å². The highest BCUT2D eigenvalue weighted by molar-refractivity contribution is 5.93. The average Bonchev–Trinajstić information content (AvgIpc) is 2.85. The number of carbonyl (C=O) groups is 1. The Balaban J connectivity index is 2.03. The molecule has 0 unspecified atom stereocenters. The van der Waals surface area contributed by atoms with Crippen LogP contribution in [-0.2, 0) is 0 Å². The van der Waals surface area contributed by atoms with Crippen LogP contribution in [0.25, 0.3) is 0 Å². The topological polar surface area (TPSA) is 88.2 Å². The Labute approximate surface area is 110 Å². The van der Waals surface area contributed by atoms with Gasteiger partial charge in [0, 0.05) is 0 Å². The molecule has 0 aliphatic rings. The third kappa shape index (κ3) is 2.97. The summed E-state index contributed by atoms with van der Waals surface area (Å²) in [6, 6.07) is 8.68. The predicted octanol–water partition coefficient (Wildman–Crippen LogP) is 1.23.